The van der Waals surface area contributed by atoms with Gasteiger partial charge < -0.3 is 19.1 Å². The fraction of sp³-hybridized carbons (Fsp3) is 0.606. The Bertz CT molecular complexity index is 1160. The van der Waals surface area contributed by atoms with Gasteiger partial charge in [-0.1, -0.05) is 37.1 Å². The zero-order valence-corrected chi connectivity index (χ0v) is 24.8. The molecule has 39 heavy (non-hydrogen) atoms. The third-order valence-electron chi connectivity index (χ3n) is 8.90. The highest BCUT2D eigenvalue weighted by Gasteiger charge is 2.21. The predicted molar refractivity (Wildman–Crippen MR) is 163 cm³/mol. The minimum atomic E-state index is 0.463. The van der Waals surface area contributed by atoms with Crippen molar-refractivity contribution in [2.75, 3.05) is 39.3 Å². The van der Waals surface area contributed by atoms with Crippen molar-refractivity contribution in [3.63, 3.8) is 0 Å². The van der Waals surface area contributed by atoms with Gasteiger partial charge in [-0.15, -0.1) is 0 Å². The first-order valence-electron chi connectivity index (χ1n) is 15.3. The Kier molecular flexibility index (Phi) is 10.2. The first-order chi connectivity index (χ1) is 19.0. The molecule has 5 rings (SSSR count). The molecule has 0 bridgehead atoms. The number of piperidine rings is 2. The van der Waals surface area contributed by atoms with Crippen LogP contribution in [0.4, 0.5) is 0 Å². The molecule has 0 radical (unpaired) electrons. The van der Waals surface area contributed by atoms with Crippen LogP contribution in [0.25, 0.3) is 11.0 Å². The highest BCUT2D eigenvalue weighted by atomic mass is 35.5. The Morgan fingerprint density at radius 2 is 1.72 bits per heavy atom. The summed E-state index contributed by atoms with van der Waals surface area (Å²) in [4.78, 5) is 10.4. The van der Waals surface area contributed by atoms with Crippen LogP contribution in [0.15, 0.2) is 42.5 Å². The van der Waals surface area contributed by atoms with Crippen LogP contribution in [-0.4, -0.2) is 58.6 Å². The number of para-hydroxylation sites is 1. The molecule has 1 aromatic heterocycles. The van der Waals surface area contributed by atoms with Crippen molar-refractivity contribution in [1.82, 2.24) is 19.4 Å². The van der Waals surface area contributed by atoms with Gasteiger partial charge in [0.1, 0.15) is 18.2 Å². The van der Waals surface area contributed by atoms with Gasteiger partial charge >= 0.3 is 0 Å². The van der Waals surface area contributed by atoms with E-state index in [0.29, 0.717) is 6.61 Å². The molecule has 0 aliphatic carbocycles. The average Bonchev–Trinajstić information content (AvgIpc) is 3.31. The molecule has 0 saturated carbocycles. The Morgan fingerprint density at radius 3 is 2.49 bits per heavy atom. The molecule has 1 unspecified atom stereocenters. The topological polar surface area (TPSA) is 33.5 Å². The molecule has 2 aliphatic heterocycles. The molecule has 212 valence electrons. The molecular weight excluding hydrogens is 504 g/mol. The number of nitrogens with zero attached hydrogens (tertiary/aromatic N) is 4. The summed E-state index contributed by atoms with van der Waals surface area (Å²) in [7, 11) is 0. The normalized spacial score (nSPS) is 18.5. The number of aryl methyl sites for hydroxylation is 2. The third-order valence-corrected chi connectivity index (χ3v) is 9.15. The highest BCUT2D eigenvalue weighted by Crippen LogP contribution is 2.26. The summed E-state index contributed by atoms with van der Waals surface area (Å²) in [5, 5.41) is 0.721. The molecule has 1 atom stereocenters. The number of likely N-dealkylation sites (tertiary alicyclic amines) is 2. The van der Waals surface area contributed by atoms with Gasteiger partial charge in [-0.05, 0) is 132 Å². The van der Waals surface area contributed by atoms with E-state index >= 15 is 0 Å². The van der Waals surface area contributed by atoms with Gasteiger partial charge in [0.2, 0.25) is 0 Å². The summed E-state index contributed by atoms with van der Waals surface area (Å²) in [5.41, 5.74) is 3.53. The van der Waals surface area contributed by atoms with Crippen molar-refractivity contribution in [1.29, 1.82) is 0 Å². The highest BCUT2D eigenvalue weighted by molar-refractivity contribution is 6.30. The first kappa shape index (κ1) is 28.4. The second-order valence-corrected chi connectivity index (χ2v) is 12.5. The molecule has 6 heteroatoms. The van der Waals surface area contributed by atoms with Crippen LogP contribution in [0, 0.1) is 18.8 Å². The van der Waals surface area contributed by atoms with E-state index in [1.807, 2.05) is 24.3 Å². The van der Waals surface area contributed by atoms with Crippen molar-refractivity contribution < 1.29 is 4.74 Å². The number of halogens is 1. The number of aromatic nitrogens is 2. The Balaban J connectivity index is 1.08. The van der Waals surface area contributed by atoms with E-state index in [1.54, 1.807) is 0 Å². The standard InChI is InChI=1S/C33H47ClN4O/c1-26(24-37-18-4-3-5-19-37)15-21-36-22-16-28(17-23-36)9-7-20-38-31-10-6-8-27(2)33(31)35-32(38)25-39-30-13-11-29(34)12-14-30/h6,8,10-14,26,28H,3-5,7,9,15-25H2,1-2H3. The first-order valence-corrected chi connectivity index (χ1v) is 15.7. The number of hydrogen-bond acceptors (Lipinski definition) is 4. The van der Waals surface area contributed by atoms with Gasteiger partial charge in [0, 0.05) is 18.1 Å². The van der Waals surface area contributed by atoms with E-state index in [2.05, 4.69) is 46.4 Å². The van der Waals surface area contributed by atoms with Gasteiger partial charge in [0.25, 0.3) is 0 Å². The minimum absolute atomic E-state index is 0.463. The Labute approximate surface area is 240 Å². The van der Waals surface area contributed by atoms with E-state index in [-0.39, 0.29) is 0 Å². The molecule has 0 spiro atoms. The number of rotatable bonds is 12. The van der Waals surface area contributed by atoms with Crippen LogP contribution < -0.4 is 4.74 Å². The summed E-state index contributed by atoms with van der Waals surface area (Å²) in [6, 6.07) is 14.1. The maximum atomic E-state index is 6.10. The van der Waals surface area contributed by atoms with Crippen LogP contribution in [0.1, 0.15) is 69.7 Å². The summed E-state index contributed by atoms with van der Waals surface area (Å²) >= 11 is 6.04. The molecule has 2 saturated heterocycles. The predicted octanol–water partition coefficient (Wildman–Crippen LogP) is 7.58. The second-order valence-electron chi connectivity index (χ2n) is 12.0. The van der Waals surface area contributed by atoms with Gasteiger partial charge in [0.05, 0.1) is 11.0 Å². The van der Waals surface area contributed by atoms with Crippen LogP contribution in [0.3, 0.4) is 0 Å². The summed E-state index contributed by atoms with van der Waals surface area (Å²) in [5.74, 6) is 3.48. The van der Waals surface area contributed by atoms with Gasteiger partial charge in [0.15, 0.2) is 0 Å². The van der Waals surface area contributed by atoms with E-state index in [9.17, 15) is 0 Å². The van der Waals surface area contributed by atoms with Crippen LogP contribution >= 0.6 is 11.6 Å². The largest absolute Gasteiger partial charge is 0.486 e. The van der Waals surface area contributed by atoms with Gasteiger partial charge in [-0.2, -0.15) is 0 Å². The number of fused-ring (bicyclic) bond motifs is 1. The number of benzene rings is 2. The molecule has 2 aliphatic rings. The van der Waals surface area contributed by atoms with Crippen LogP contribution in [0.2, 0.25) is 5.02 Å². The fourth-order valence-corrected chi connectivity index (χ4v) is 6.61. The summed E-state index contributed by atoms with van der Waals surface area (Å²) in [6.07, 6.45) is 10.7. The van der Waals surface area contributed by atoms with E-state index in [4.69, 9.17) is 21.3 Å². The summed E-state index contributed by atoms with van der Waals surface area (Å²) in [6.45, 7) is 13.8. The molecule has 3 aromatic rings. The van der Waals surface area contributed by atoms with E-state index < -0.39 is 0 Å². The minimum Gasteiger partial charge on any atom is -0.486 e. The van der Waals surface area contributed by atoms with Crippen LogP contribution in [-0.2, 0) is 13.2 Å². The second kappa shape index (κ2) is 14.0. The van der Waals surface area contributed by atoms with Gasteiger partial charge in [-0.3, -0.25) is 0 Å². The molecular formula is C33H47ClN4O. The zero-order chi connectivity index (χ0) is 27.0. The van der Waals surface area contributed by atoms with Crippen molar-refractivity contribution in [3.8, 4) is 5.75 Å². The lowest BCUT2D eigenvalue weighted by Gasteiger charge is -2.34. The van der Waals surface area contributed by atoms with E-state index in [1.165, 1.54) is 102 Å². The monoisotopic (exact) mass is 550 g/mol. The van der Waals surface area contributed by atoms with Gasteiger partial charge in [-0.25, -0.2) is 4.98 Å². The van der Waals surface area contributed by atoms with E-state index in [0.717, 1.165) is 40.5 Å². The number of hydrogen-bond donors (Lipinski definition) is 0. The lowest BCUT2D eigenvalue weighted by Crippen LogP contribution is -2.37. The van der Waals surface area contributed by atoms with Crippen molar-refractivity contribution >= 4 is 22.6 Å². The number of imidazole rings is 1. The zero-order valence-electron chi connectivity index (χ0n) is 24.1. The molecule has 5 nitrogen and oxygen atoms in total. The van der Waals surface area contributed by atoms with Crippen molar-refractivity contribution in [2.24, 2.45) is 11.8 Å². The maximum absolute atomic E-state index is 6.10. The maximum Gasteiger partial charge on any atom is 0.148 e. The smallest absolute Gasteiger partial charge is 0.148 e. The molecule has 2 fully saturated rings. The third kappa shape index (κ3) is 7.99. The molecule has 3 heterocycles. The molecule has 2 aromatic carbocycles. The summed E-state index contributed by atoms with van der Waals surface area (Å²) < 4.78 is 8.48. The molecule has 0 N–H and O–H groups in total. The quantitative estimate of drug-likeness (QED) is 0.233. The lowest BCUT2D eigenvalue weighted by molar-refractivity contribution is 0.153. The average molecular weight is 551 g/mol. The molecule has 0 amide bonds. The fourth-order valence-electron chi connectivity index (χ4n) is 6.49. The number of ether oxygens (including phenoxy) is 1. The Morgan fingerprint density at radius 1 is 0.949 bits per heavy atom. The van der Waals surface area contributed by atoms with Crippen molar-refractivity contribution in [3.05, 3.63) is 58.9 Å². The van der Waals surface area contributed by atoms with Crippen LogP contribution in [0.5, 0.6) is 5.75 Å². The lowest BCUT2D eigenvalue weighted by atomic mass is 9.92. The van der Waals surface area contributed by atoms with Crippen molar-refractivity contribution in [2.45, 2.75) is 78.4 Å². The Hall–Kier alpha value is -2.08. The SMILES string of the molecule is Cc1cccc2c1nc(COc1ccc(Cl)cc1)n2CCCC1CCN(CCC(C)CN2CCCCC2)CC1.